The van der Waals surface area contributed by atoms with Crippen LogP contribution in [0.4, 0.5) is 0 Å². The molecule has 2 aliphatic heterocycles. The second-order valence-electron chi connectivity index (χ2n) is 7.37. The van der Waals surface area contributed by atoms with Crippen LogP contribution >= 0.6 is 0 Å². The molecule has 1 saturated heterocycles. The summed E-state index contributed by atoms with van der Waals surface area (Å²) < 4.78 is 5.61. The van der Waals surface area contributed by atoms with E-state index >= 15 is 0 Å². The maximum atomic E-state index is 12.5. The molecule has 138 valence electrons. The fourth-order valence-electron chi connectivity index (χ4n) is 4.42. The Bertz CT molecular complexity index is 708. The third kappa shape index (κ3) is 3.08. The van der Waals surface area contributed by atoms with Gasteiger partial charge in [-0.05, 0) is 18.9 Å². The van der Waals surface area contributed by atoms with Crippen LogP contribution in [0.3, 0.4) is 0 Å². The summed E-state index contributed by atoms with van der Waals surface area (Å²) in [7, 11) is 0. The van der Waals surface area contributed by atoms with E-state index in [0.717, 1.165) is 37.0 Å². The number of carbonyl (C=O) groups excluding carboxylic acids is 3. The van der Waals surface area contributed by atoms with Gasteiger partial charge in [-0.2, -0.15) is 0 Å². The summed E-state index contributed by atoms with van der Waals surface area (Å²) in [6.45, 7) is 0.746. The van der Waals surface area contributed by atoms with Crippen LogP contribution in [0.2, 0.25) is 0 Å². The summed E-state index contributed by atoms with van der Waals surface area (Å²) in [5.74, 6) is 0.205. The number of carbonyl (C=O) groups is 3. The summed E-state index contributed by atoms with van der Waals surface area (Å²) >= 11 is 0. The van der Waals surface area contributed by atoms with Gasteiger partial charge in [0.2, 0.25) is 17.7 Å². The van der Waals surface area contributed by atoms with Gasteiger partial charge in [0.1, 0.15) is 5.75 Å². The zero-order valence-electron chi connectivity index (χ0n) is 14.8. The maximum absolute atomic E-state index is 12.5. The highest BCUT2D eigenvalue weighted by molar-refractivity contribution is 6.05. The van der Waals surface area contributed by atoms with Gasteiger partial charge in [0.15, 0.2) is 0 Å². The number of hydrogen-bond acceptors (Lipinski definition) is 4. The molecule has 1 aromatic carbocycles. The van der Waals surface area contributed by atoms with E-state index in [0.29, 0.717) is 13.0 Å². The smallest absolute Gasteiger partial charge is 0.233 e. The van der Waals surface area contributed by atoms with Crippen molar-refractivity contribution in [1.29, 1.82) is 0 Å². The zero-order chi connectivity index (χ0) is 18.1. The van der Waals surface area contributed by atoms with Crippen LogP contribution in [-0.4, -0.2) is 35.8 Å². The van der Waals surface area contributed by atoms with Crippen molar-refractivity contribution >= 4 is 17.7 Å². The molecule has 3 atom stereocenters. The first-order chi connectivity index (χ1) is 12.6. The fourth-order valence-corrected chi connectivity index (χ4v) is 4.42. The van der Waals surface area contributed by atoms with Crippen LogP contribution in [0.25, 0.3) is 0 Å². The van der Waals surface area contributed by atoms with Crippen molar-refractivity contribution in [3.05, 3.63) is 29.8 Å². The van der Waals surface area contributed by atoms with Gasteiger partial charge >= 0.3 is 0 Å². The number of nitrogens with one attached hydrogen (secondary N) is 1. The molecule has 1 aromatic rings. The minimum absolute atomic E-state index is 0.0797. The molecular formula is C20H24N2O4. The lowest BCUT2D eigenvalue weighted by Gasteiger charge is -2.26. The van der Waals surface area contributed by atoms with Crippen molar-refractivity contribution in [3.8, 4) is 5.75 Å². The summed E-state index contributed by atoms with van der Waals surface area (Å²) in [4.78, 5) is 38.7. The Morgan fingerprint density at radius 1 is 1.08 bits per heavy atom. The molecule has 3 amide bonds. The van der Waals surface area contributed by atoms with Crippen LogP contribution in [0.1, 0.15) is 50.1 Å². The lowest BCUT2D eigenvalue weighted by molar-refractivity contribution is -0.140. The summed E-state index contributed by atoms with van der Waals surface area (Å²) in [5, 5.41) is 3.02. The topological polar surface area (TPSA) is 75.7 Å². The molecule has 4 rings (SSSR count). The maximum Gasteiger partial charge on any atom is 0.233 e. The summed E-state index contributed by atoms with van der Waals surface area (Å²) in [6, 6.07) is 7.61. The first-order valence-electron chi connectivity index (χ1n) is 9.51. The standard InChI is InChI=1S/C20H24N2O4/c23-18(21-16-10-12-26-17-8-4-3-7-15(16)17)9-11-22-19(24)13-5-1-2-6-14(13)20(22)25/h3-4,7-8,13-14,16H,1-2,5-6,9-12H2,(H,21,23)/t13-,14+,16-/m1/s1. The van der Waals surface area contributed by atoms with Crippen molar-refractivity contribution < 1.29 is 19.1 Å². The Kier molecular flexibility index (Phi) is 4.66. The molecule has 0 aromatic heterocycles. The number of amides is 3. The highest BCUT2D eigenvalue weighted by Crippen LogP contribution is 2.38. The Morgan fingerprint density at radius 2 is 1.77 bits per heavy atom. The normalized spacial score (nSPS) is 27.5. The number of para-hydroxylation sites is 1. The molecule has 0 spiro atoms. The largest absolute Gasteiger partial charge is 0.493 e. The van der Waals surface area contributed by atoms with Crippen molar-refractivity contribution in [2.45, 2.75) is 44.6 Å². The van der Waals surface area contributed by atoms with Crippen LogP contribution in [0.15, 0.2) is 24.3 Å². The van der Waals surface area contributed by atoms with E-state index < -0.39 is 0 Å². The highest BCUT2D eigenvalue weighted by Gasteiger charge is 2.47. The van der Waals surface area contributed by atoms with Crippen LogP contribution in [0.5, 0.6) is 5.75 Å². The minimum Gasteiger partial charge on any atom is -0.493 e. The SMILES string of the molecule is O=C(CCN1C(=O)[C@H]2CCCC[C@H]2C1=O)N[C@@H]1CCOc2ccccc21. The Hall–Kier alpha value is -2.37. The van der Waals surface area contributed by atoms with Crippen LogP contribution in [-0.2, 0) is 14.4 Å². The van der Waals surface area contributed by atoms with E-state index in [1.54, 1.807) is 0 Å². The van der Waals surface area contributed by atoms with E-state index in [2.05, 4.69) is 5.32 Å². The van der Waals surface area contributed by atoms with Gasteiger partial charge in [-0.25, -0.2) is 0 Å². The van der Waals surface area contributed by atoms with Gasteiger partial charge in [0, 0.05) is 24.9 Å². The monoisotopic (exact) mass is 356 g/mol. The number of imide groups is 1. The molecule has 3 aliphatic rings. The number of fused-ring (bicyclic) bond motifs is 2. The van der Waals surface area contributed by atoms with Crippen molar-refractivity contribution in [3.63, 3.8) is 0 Å². The van der Waals surface area contributed by atoms with E-state index in [4.69, 9.17) is 4.74 Å². The van der Waals surface area contributed by atoms with E-state index in [1.165, 1.54) is 4.90 Å². The Morgan fingerprint density at radius 3 is 2.50 bits per heavy atom. The van der Waals surface area contributed by atoms with Gasteiger partial charge in [-0.3, -0.25) is 19.3 Å². The number of hydrogen-bond donors (Lipinski definition) is 1. The lowest BCUT2D eigenvalue weighted by atomic mass is 9.81. The molecule has 1 aliphatic carbocycles. The Labute approximate surface area is 152 Å². The molecule has 2 fully saturated rings. The first kappa shape index (κ1) is 17.1. The van der Waals surface area contributed by atoms with Gasteiger partial charge in [-0.15, -0.1) is 0 Å². The predicted octanol–water partition coefficient (Wildman–Crippen LogP) is 2.19. The van der Waals surface area contributed by atoms with E-state index in [1.807, 2.05) is 24.3 Å². The number of ether oxygens (including phenoxy) is 1. The fraction of sp³-hybridized carbons (Fsp3) is 0.550. The molecule has 0 radical (unpaired) electrons. The Balaban J connectivity index is 1.35. The van der Waals surface area contributed by atoms with Crippen molar-refractivity contribution in [2.75, 3.05) is 13.2 Å². The first-order valence-corrected chi connectivity index (χ1v) is 9.51. The molecular weight excluding hydrogens is 332 g/mol. The van der Waals surface area contributed by atoms with Gasteiger partial charge in [0.05, 0.1) is 24.5 Å². The third-order valence-electron chi connectivity index (χ3n) is 5.79. The quantitative estimate of drug-likeness (QED) is 0.839. The average molecular weight is 356 g/mol. The number of rotatable bonds is 4. The van der Waals surface area contributed by atoms with E-state index in [9.17, 15) is 14.4 Å². The second-order valence-corrected chi connectivity index (χ2v) is 7.37. The van der Waals surface area contributed by atoms with E-state index in [-0.39, 0.29) is 48.6 Å². The molecule has 1 saturated carbocycles. The number of nitrogens with zero attached hydrogens (tertiary/aromatic N) is 1. The molecule has 26 heavy (non-hydrogen) atoms. The molecule has 6 nitrogen and oxygen atoms in total. The predicted molar refractivity (Wildman–Crippen MR) is 94.2 cm³/mol. The molecule has 6 heteroatoms. The minimum atomic E-state index is -0.151. The summed E-state index contributed by atoms with van der Waals surface area (Å²) in [5.41, 5.74) is 0.978. The third-order valence-corrected chi connectivity index (χ3v) is 5.79. The average Bonchev–Trinajstić information content (AvgIpc) is 2.91. The molecule has 0 bridgehead atoms. The molecule has 0 unspecified atom stereocenters. The van der Waals surface area contributed by atoms with Gasteiger partial charge in [-0.1, -0.05) is 31.0 Å². The lowest BCUT2D eigenvalue weighted by Crippen LogP contribution is -2.37. The van der Waals surface area contributed by atoms with Crippen molar-refractivity contribution in [2.24, 2.45) is 11.8 Å². The zero-order valence-corrected chi connectivity index (χ0v) is 14.8. The number of likely N-dealkylation sites (tertiary alicyclic amines) is 1. The second kappa shape index (κ2) is 7.09. The molecule has 1 N–H and O–H groups in total. The van der Waals surface area contributed by atoms with Crippen molar-refractivity contribution in [1.82, 2.24) is 10.2 Å². The van der Waals surface area contributed by atoms with Crippen LogP contribution in [0, 0.1) is 11.8 Å². The molecule has 2 heterocycles. The number of benzene rings is 1. The summed E-state index contributed by atoms with van der Waals surface area (Å²) in [6.07, 6.45) is 4.49. The van der Waals surface area contributed by atoms with Gasteiger partial charge < -0.3 is 10.1 Å². The van der Waals surface area contributed by atoms with Gasteiger partial charge in [0.25, 0.3) is 0 Å². The van der Waals surface area contributed by atoms with Crippen LogP contribution < -0.4 is 10.1 Å². The highest BCUT2D eigenvalue weighted by atomic mass is 16.5.